The molecule has 1 aromatic heterocycles. The van der Waals surface area contributed by atoms with Crippen molar-refractivity contribution in [1.82, 2.24) is 4.98 Å². The summed E-state index contributed by atoms with van der Waals surface area (Å²) >= 11 is 0. The molecule has 3 nitrogen and oxygen atoms in total. The summed E-state index contributed by atoms with van der Waals surface area (Å²) in [6.07, 6.45) is 3.49. The van der Waals surface area contributed by atoms with Gasteiger partial charge in [0.2, 0.25) is 0 Å². The van der Waals surface area contributed by atoms with Crippen molar-refractivity contribution in [2.24, 2.45) is 0 Å². The van der Waals surface area contributed by atoms with Crippen molar-refractivity contribution in [3.8, 4) is 0 Å². The fourth-order valence-corrected chi connectivity index (χ4v) is 1.02. The topological polar surface area (TPSA) is 48.8 Å². The molecule has 0 saturated heterocycles. The second-order valence-electron chi connectivity index (χ2n) is 3.45. The molecule has 0 fully saturated rings. The van der Waals surface area contributed by atoms with Crippen LogP contribution in [0.2, 0.25) is 0 Å². The SMILES string of the molecule is CC(C)c1ccc(N/C=C(/F)C=N)nc1. The fraction of sp³-hybridized carbons (Fsp3) is 0.273. The minimum atomic E-state index is -0.635. The van der Waals surface area contributed by atoms with Crippen molar-refractivity contribution in [2.75, 3.05) is 5.32 Å². The zero-order valence-corrected chi connectivity index (χ0v) is 8.79. The number of nitrogens with one attached hydrogen (secondary N) is 2. The van der Waals surface area contributed by atoms with Crippen LogP contribution < -0.4 is 5.32 Å². The van der Waals surface area contributed by atoms with E-state index < -0.39 is 5.83 Å². The second-order valence-corrected chi connectivity index (χ2v) is 3.45. The number of rotatable bonds is 4. The molecule has 2 N–H and O–H groups in total. The van der Waals surface area contributed by atoms with Crippen LogP contribution in [0.3, 0.4) is 0 Å². The molecule has 15 heavy (non-hydrogen) atoms. The van der Waals surface area contributed by atoms with Gasteiger partial charge >= 0.3 is 0 Å². The van der Waals surface area contributed by atoms with Gasteiger partial charge in [0, 0.05) is 12.4 Å². The van der Waals surface area contributed by atoms with E-state index in [1.807, 2.05) is 6.07 Å². The van der Waals surface area contributed by atoms with E-state index in [9.17, 15) is 4.39 Å². The van der Waals surface area contributed by atoms with E-state index in [0.29, 0.717) is 18.0 Å². The van der Waals surface area contributed by atoms with Gasteiger partial charge in [-0.3, -0.25) is 0 Å². The zero-order valence-electron chi connectivity index (χ0n) is 8.79. The Bertz CT molecular complexity index is 355. The normalized spacial score (nSPS) is 11.6. The van der Waals surface area contributed by atoms with Crippen molar-refractivity contribution in [2.45, 2.75) is 19.8 Å². The van der Waals surface area contributed by atoms with Gasteiger partial charge in [0.05, 0.1) is 6.21 Å². The van der Waals surface area contributed by atoms with E-state index in [1.54, 1.807) is 12.3 Å². The summed E-state index contributed by atoms with van der Waals surface area (Å²) < 4.78 is 12.6. The standard InChI is InChI=1S/C11H14FN3/c1-8(2)9-3-4-11(14-6-9)15-7-10(12)5-13/h3-8,13H,1-2H3,(H,14,15)/b10-7+,13-5?. The number of hydrogen-bond acceptors (Lipinski definition) is 3. The van der Waals surface area contributed by atoms with Crippen LogP contribution in [0.5, 0.6) is 0 Å². The van der Waals surface area contributed by atoms with Gasteiger partial charge in [-0.05, 0) is 17.5 Å². The molecule has 0 aliphatic heterocycles. The molecule has 0 aliphatic rings. The molecule has 0 bridgehead atoms. The molecule has 0 atom stereocenters. The second kappa shape index (κ2) is 5.24. The molecule has 80 valence electrons. The monoisotopic (exact) mass is 207 g/mol. The third kappa shape index (κ3) is 3.50. The van der Waals surface area contributed by atoms with Crippen LogP contribution in [0, 0.1) is 5.41 Å². The largest absolute Gasteiger partial charge is 0.344 e. The smallest absolute Gasteiger partial charge is 0.156 e. The number of hydrogen-bond donors (Lipinski definition) is 2. The predicted octanol–water partition coefficient (Wildman–Crippen LogP) is 3.08. The first-order valence-corrected chi connectivity index (χ1v) is 4.72. The van der Waals surface area contributed by atoms with Crippen LogP contribution in [-0.4, -0.2) is 11.2 Å². The molecule has 1 aromatic rings. The Morgan fingerprint density at radius 2 is 2.27 bits per heavy atom. The minimum Gasteiger partial charge on any atom is -0.344 e. The van der Waals surface area contributed by atoms with Crippen molar-refractivity contribution in [3.05, 3.63) is 35.9 Å². The van der Waals surface area contributed by atoms with E-state index >= 15 is 0 Å². The lowest BCUT2D eigenvalue weighted by Crippen LogP contribution is -1.95. The zero-order chi connectivity index (χ0) is 11.3. The number of anilines is 1. The van der Waals surface area contributed by atoms with Crippen LogP contribution in [-0.2, 0) is 0 Å². The van der Waals surface area contributed by atoms with E-state index in [2.05, 4.69) is 24.1 Å². The molecule has 0 saturated carbocycles. The lowest BCUT2D eigenvalue weighted by molar-refractivity contribution is 0.683. The summed E-state index contributed by atoms with van der Waals surface area (Å²) in [5.74, 6) is 0.363. The highest BCUT2D eigenvalue weighted by Crippen LogP contribution is 2.14. The summed E-state index contributed by atoms with van der Waals surface area (Å²) in [5.41, 5.74) is 1.14. The summed E-state index contributed by atoms with van der Waals surface area (Å²) in [7, 11) is 0. The quantitative estimate of drug-likeness (QED) is 0.745. The number of nitrogens with zero attached hydrogens (tertiary/aromatic N) is 1. The number of halogens is 1. The number of aromatic nitrogens is 1. The lowest BCUT2D eigenvalue weighted by atomic mass is 10.1. The number of pyridine rings is 1. The van der Waals surface area contributed by atoms with E-state index in [-0.39, 0.29) is 0 Å². The number of allylic oxidation sites excluding steroid dienone is 1. The maximum atomic E-state index is 12.6. The van der Waals surface area contributed by atoms with Gasteiger partial charge in [-0.25, -0.2) is 9.37 Å². The third-order valence-corrected chi connectivity index (χ3v) is 1.95. The highest BCUT2D eigenvalue weighted by atomic mass is 19.1. The maximum Gasteiger partial charge on any atom is 0.156 e. The Morgan fingerprint density at radius 1 is 1.53 bits per heavy atom. The molecule has 0 aliphatic carbocycles. The Hall–Kier alpha value is -1.71. The Morgan fingerprint density at radius 3 is 2.73 bits per heavy atom. The first-order chi connectivity index (χ1) is 7.13. The summed E-state index contributed by atoms with van der Waals surface area (Å²) in [5, 5.41) is 9.30. The van der Waals surface area contributed by atoms with Gasteiger partial charge in [0.25, 0.3) is 0 Å². The van der Waals surface area contributed by atoms with Crippen LogP contribution in [0.4, 0.5) is 10.2 Å². The first-order valence-electron chi connectivity index (χ1n) is 4.72. The predicted molar refractivity (Wildman–Crippen MR) is 59.9 cm³/mol. The van der Waals surface area contributed by atoms with E-state index in [1.165, 1.54) is 0 Å². The van der Waals surface area contributed by atoms with Crippen LogP contribution in [0.25, 0.3) is 0 Å². The molecule has 0 unspecified atom stereocenters. The summed E-state index contributed by atoms with van der Waals surface area (Å²) in [6, 6.07) is 3.72. The average molecular weight is 207 g/mol. The Labute approximate surface area is 88.6 Å². The van der Waals surface area contributed by atoms with Crippen molar-refractivity contribution < 1.29 is 4.39 Å². The molecular weight excluding hydrogens is 193 g/mol. The highest BCUT2D eigenvalue weighted by molar-refractivity contribution is 5.73. The molecular formula is C11H14FN3. The van der Waals surface area contributed by atoms with Gasteiger partial charge in [0.15, 0.2) is 5.83 Å². The van der Waals surface area contributed by atoms with Crippen LogP contribution >= 0.6 is 0 Å². The van der Waals surface area contributed by atoms with Gasteiger partial charge in [0.1, 0.15) is 5.82 Å². The van der Waals surface area contributed by atoms with Gasteiger partial charge < -0.3 is 10.7 Å². The fourth-order valence-electron chi connectivity index (χ4n) is 1.02. The van der Waals surface area contributed by atoms with Crippen LogP contribution in [0.15, 0.2) is 30.4 Å². The van der Waals surface area contributed by atoms with Gasteiger partial charge in [-0.2, -0.15) is 0 Å². The van der Waals surface area contributed by atoms with Crippen molar-refractivity contribution in [3.63, 3.8) is 0 Å². The summed E-state index contributed by atoms with van der Waals surface area (Å²) in [4.78, 5) is 4.11. The molecule has 0 spiro atoms. The van der Waals surface area contributed by atoms with Gasteiger partial charge in [-0.15, -0.1) is 0 Å². The third-order valence-electron chi connectivity index (χ3n) is 1.95. The summed E-state index contributed by atoms with van der Waals surface area (Å²) in [6.45, 7) is 4.16. The van der Waals surface area contributed by atoms with E-state index in [0.717, 1.165) is 11.8 Å². The average Bonchev–Trinajstić information content (AvgIpc) is 2.26. The molecule has 1 rings (SSSR count). The highest BCUT2D eigenvalue weighted by Gasteiger charge is 1.98. The molecule has 1 heterocycles. The van der Waals surface area contributed by atoms with Crippen molar-refractivity contribution >= 4 is 12.0 Å². The maximum absolute atomic E-state index is 12.6. The lowest BCUT2D eigenvalue weighted by Gasteiger charge is -2.05. The van der Waals surface area contributed by atoms with Crippen molar-refractivity contribution in [1.29, 1.82) is 5.41 Å². The Balaban J connectivity index is 2.69. The minimum absolute atomic E-state index is 0.431. The molecule has 0 radical (unpaired) electrons. The first kappa shape index (κ1) is 11.4. The molecule has 4 heteroatoms. The molecule has 0 amide bonds. The molecule has 0 aromatic carbocycles. The van der Waals surface area contributed by atoms with E-state index in [4.69, 9.17) is 5.41 Å². The van der Waals surface area contributed by atoms with Gasteiger partial charge in [-0.1, -0.05) is 19.9 Å². The van der Waals surface area contributed by atoms with Crippen LogP contribution in [0.1, 0.15) is 25.3 Å². The Kier molecular flexibility index (Phi) is 3.97.